The lowest BCUT2D eigenvalue weighted by atomic mass is 10.0. The first-order chi connectivity index (χ1) is 19.8. The summed E-state index contributed by atoms with van der Waals surface area (Å²) in [5, 5.41) is 0. The molecule has 0 aliphatic carbocycles. The first-order valence-electron chi connectivity index (χ1n) is 18.5. The van der Waals surface area contributed by atoms with Crippen molar-refractivity contribution in [1.82, 2.24) is 0 Å². The third kappa shape index (κ3) is 36.0. The summed E-state index contributed by atoms with van der Waals surface area (Å²) in [5.41, 5.74) is 0. The van der Waals surface area contributed by atoms with Gasteiger partial charge in [0.1, 0.15) is 0 Å². The zero-order valence-electron chi connectivity index (χ0n) is 27.8. The summed E-state index contributed by atoms with van der Waals surface area (Å²) >= 11 is -1.12. The zero-order valence-corrected chi connectivity index (χ0v) is 29.2. The second kappa shape index (κ2) is 37.0. The number of hydrogen-bond donors (Lipinski definition) is 0. The van der Waals surface area contributed by atoms with Gasteiger partial charge in [0.2, 0.25) is 0 Å². The van der Waals surface area contributed by atoms with Crippen LogP contribution in [0, 0.1) is 0 Å². The molecule has 0 radical (unpaired) electrons. The van der Waals surface area contributed by atoms with E-state index >= 15 is 0 Å². The van der Waals surface area contributed by atoms with Gasteiger partial charge in [-0.3, -0.25) is 4.79 Å². The van der Waals surface area contributed by atoms with Crippen molar-refractivity contribution in [2.75, 3.05) is 6.61 Å². The van der Waals surface area contributed by atoms with Crippen LogP contribution in [0.3, 0.4) is 0 Å². The molecule has 4 heteroatoms. The molecule has 0 aromatic heterocycles. The van der Waals surface area contributed by atoms with E-state index in [2.05, 4.69) is 13.8 Å². The predicted octanol–water partition coefficient (Wildman–Crippen LogP) is 12.3. The van der Waals surface area contributed by atoms with Crippen LogP contribution >= 0.6 is 0 Å². The van der Waals surface area contributed by atoms with Crippen molar-refractivity contribution in [3.63, 3.8) is 0 Å². The maximum Gasteiger partial charge on any atom is 0.742 e. The van der Waals surface area contributed by atoms with Gasteiger partial charge in [-0.05, 0) is 12.8 Å². The zero-order chi connectivity index (χ0) is 29.0. The predicted molar refractivity (Wildman–Crippen MR) is 178 cm³/mol. The van der Waals surface area contributed by atoms with Crippen LogP contribution in [-0.4, -0.2) is 28.5 Å². The molecule has 40 heavy (non-hydrogen) atoms. The number of rotatable bonds is 35. The molecule has 0 fully saturated rings. The van der Waals surface area contributed by atoms with Gasteiger partial charge in [0.15, 0.2) is 0 Å². The summed E-state index contributed by atoms with van der Waals surface area (Å²) < 4.78 is 11.0. The molecule has 0 aromatic rings. The normalized spacial score (nSPS) is 11.2. The van der Waals surface area contributed by atoms with Crippen molar-refractivity contribution in [3.8, 4) is 0 Å². The summed E-state index contributed by atoms with van der Waals surface area (Å²) in [6.45, 7) is 5.35. The number of carbonyl (C=O) groups excluding carboxylic acids is 1. The van der Waals surface area contributed by atoms with Crippen molar-refractivity contribution < 1.29 is 12.4 Å². The Morgan fingerprint density at radius 1 is 0.400 bits per heavy atom. The Labute approximate surface area is 259 Å². The van der Waals surface area contributed by atoms with Gasteiger partial charge in [-0.1, -0.05) is 200 Å². The van der Waals surface area contributed by atoms with Gasteiger partial charge in [-0.15, -0.1) is 0 Å². The highest BCUT2D eigenvalue weighted by Crippen LogP contribution is 2.15. The fourth-order valence-corrected chi connectivity index (χ4v) is 6.31. The molecule has 0 N–H and O–H groups in total. The summed E-state index contributed by atoms with van der Waals surface area (Å²) in [6.07, 6.45) is 43.0. The molecule has 0 saturated carbocycles. The van der Waals surface area contributed by atoms with Crippen molar-refractivity contribution in [1.29, 1.82) is 0 Å². The Morgan fingerprint density at radius 2 is 0.675 bits per heavy atom. The van der Waals surface area contributed by atoms with Crippen LogP contribution in [0.5, 0.6) is 0 Å². The minimum Gasteiger partial charge on any atom is -0.598 e. The highest BCUT2D eigenvalue weighted by molar-refractivity contribution is 6.22. The van der Waals surface area contributed by atoms with Crippen LogP contribution in [0.1, 0.15) is 219 Å². The summed E-state index contributed by atoms with van der Waals surface area (Å²) in [7, 11) is 0. The molecule has 0 aromatic carbocycles. The first-order valence-corrected chi connectivity index (χ1v) is 19.7. The molecule has 0 aliphatic heterocycles. The number of hydrogen-bond acceptors (Lipinski definition) is 3. The van der Waals surface area contributed by atoms with Crippen molar-refractivity contribution in [3.05, 3.63) is 0 Å². The van der Waals surface area contributed by atoms with E-state index in [1.807, 2.05) is 0 Å². The molecule has 0 unspecified atom stereocenters. The summed E-state index contributed by atoms with van der Waals surface area (Å²) in [5.74, 6) is -0.0339. The Kier molecular flexibility index (Phi) is 37.0. The Hall–Kier alpha value is -0.0375. The minimum atomic E-state index is -1.12. The lowest BCUT2D eigenvalue weighted by Crippen LogP contribution is -2.12. The Balaban J connectivity index is 3.14. The van der Waals surface area contributed by atoms with E-state index in [1.165, 1.54) is 180 Å². The maximum atomic E-state index is 11.9. The Bertz CT molecular complexity index is 471. The molecule has 0 amide bonds. The van der Waals surface area contributed by atoms with Crippen LogP contribution < -0.4 is 0 Å². The standard InChI is InChI=1S/C18H36O2.C18H37O.Al.H/c1-2-3-4-5-6-7-8-9-10-11-12-13-14-15-16-17-18(19)20;1-2-3-4-5-6-7-8-9-10-11-12-13-14-15-16-17-18-19;;/h2-17H2,1H3,(H,19,20);2-18H2,1H3;;/q;-1;+2;/p-1. The third-order valence-electron chi connectivity index (χ3n) is 8.43. The van der Waals surface area contributed by atoms with E-state index in [9.17, 15) is 4.79 Å². The molecule has 0 heterocycles. The second-order valence-electron chi connectivity index (χ2n) is 12.5. The van der Waals surface area contributed by atoms with Crippen LogP contribution in [0.4, 0.5) is 0 Å². The van der Waals surface area contributed by atoms with Crippen LogP contribution in [-0.2, 0) is 12.4 Å². The smallest absolute Gasteiger partial charge is 0.598 e. The molecule has 0 rings (SSSR count). The van der Waals surface area contributed by atoms with Gasteiger partial charge < -0.3 is 7.58 Å². The number of carbonyl (C=O) groups is 1. The third-order valence-corrected chi connectivity index (χ3v) is 9.33. The molecule has 3 nitrogen and oxygen atoms in total. The van der Waals surface area contributed by atoms with Crippen LogP contribution in [0.15, 0.2) is 0 Å². The van der Waals surface area contributed by atoms with E-state index in [1.54, 1.807) is 0 Å². The summed E-state index contributed by atoms with van der Waals surface area (Å²) in [6, 6.07) is 0. The van der Waals surface area contributed by atoms with Gasteiger partial charge in [0, 0.05) is 13.0 Å². The largest absolute Gasteiger partial charge is 0.742 e. The summed E-state index contributed by atoms with van der Waals surface area (Å²) in [4.78, 5) is 11.9. The SMILES string of the molecule is CCCCCCCCCCCCCCCCCC[O][AlH][O]C(=O)CCCCCCCCCCCCCCCCC. The van der Waals surface area contributed by atoms with Gasteiger partial charge in [-0.25, -0.2) is 0 Å². The molecular weight excluding hydrogens is 507 g/mol. The van der Waals surface area contributed by atoms with Crippen molar-refractivity contribution >= 4 is 21.9 Å². The van der Waals surface area contributed by atoms with Crippen LogP contribution in [0.2, 0.25) is 0 Å². The highest BCUT2D eigenvalue weighted by Gasteiger charge is 2.06. The highest BCUT2D eigenvalue weighted by atomic mass is 27.2. The number of unbranched alkanes of at least 4 members (excludes halogenated alkanes) is 29. The fraction of sp³-hybridized carbons (Fsp3) is 0.972. The Morgan fingerprint density at radius 3 is 1.00 bits per heavy atom. The first kappa shape index (κ1) is 40.0. The van der Waals surface area contributed by atoms with Gasteiger partial charge >= 0.3 is 15.9 Å². The molecule has 238 valence electrons. The molecule has 0 spiro atoms. The fourth-order valence-electron chi connectivity index (χ4n) is 5.63. The van der Waals surface area contributed by atoms with E-state index in [4.69, 9.17) is 7.58 Å². The average molecular weight is 581 g/mol. The van der Waals surface area contributed by atoms with E-state index in [0.29, 0.717) is 6.42 Å². The molecule has 0 atom stereocenters. The molecular formula is C36H73AlO3. The van der Waals surface area contributed by atoms with Crippen molar-refractivity contribution in [2.24, 2.45) is 0 Å². The lowest BCUT2D eigenvalue weighted by Gasteiger charge is -2.06. The molecule has 0 aliphatic rings. The van der Waals surface area contributed by atoms with Crippen molar-refractivity contribution in [2.45, 2.75) is 219 Å². The van der Waals surface area contributed by atoms with E-state index in [0.717, 1.165) is 25.9 Å². The monoisotopic (exact) mass is 581 g/mol. The van der Waals surface area contributed by atoms with E-state index in [-0.39, 0.29) is 5.97 Å². The molecule has 0 bridgehead atoms. The van der Waals surface area contributed by atoms with Gasteiger partial charge in [0.05, 0.1) is 0 Å². The average Bonchev–Trinajstić information content (AvgIpc) is 2.96. The van der Waals surface area contributed by atoms with Gasteiger partial charge in [0.25, 0.3) is 5.97 Å². The van der Waals surface area contributed by atoms with E-state index < -0.39 is 15.9 Å². The van der Waals surface area contributed by atoms with Gasteiger partial charge in [-0.2, -0.15) is 0 Å². The maximum absolute atomic E-state index is 11.9. The molecule has 0 saturated heterocycles. The topological polar surface area (TPSA) is 35.5 Å². The minimum absolute atomic E-state index is 0.0339. The second-order valence-corrected chi connectivity index (χ2v) is 13.5. The van der Waals surface area contributed by atoms with Crippen LogP contribution in [0.25, 0.3) is 0 Å². The quantitative estimate of drug-likeness (QED) is 0.0552. The lowest BCUT2D eigenvalue weighted by molar-refractivity contribution is -0.135.